The summed E-state index contributed by atoms with van der Waals surface area (Å²) in [5.74, 6) is -0.545. The van der Waals surface area contributed by atoms with Gasteiger partial charge in [-0.25, -0.2) is 0 Å². The smallest absolute Gasteiger partial charge is 0.325 e. The molecule has 3 nitrogen and oxygen atoms in total. The number of anilines is 1. The summed E-state index contributed by atoms with van der Waals surface area (Å²) in [7, 11) is 0. The lowest BCUT2D eigenvalue weighted by atomic mass is 10.1. The SMILES string of the molecule is C=CCC(N)C(=O)Nc1ccc(C)c(C(F)(F)F)c1. The van der Waals surface area contributed by atoms with E-state index in [1.165, 1.54) is 25.1 Å². The summed E-state index contributed by atoms with van der Waals surface area (Å²) in [6.07, 6.45) is -2.72. The van der Waals surface area contributed by atoms with Crippen LogP contribution in [-0.2, 0) is 11.0 Å². The van der Waals surface area contributed by atoms with E-state index >= 15 is 0 Å². The Bertz CT molecular complexity index is 483. The van der Waals surface area contributed by atoms with Crippen LogP contribution in [0, 0.1) is 6.92 Å². The number of nitrogens with one attached hydrogen (secondary N) is 1. The van der Waals surface area contributed by atoms with Crippen LogP contribution in [0.3, 0.4) is 0 Å². The second-order valence-electron chi connectivity index (χ2n) is 4.15. The van der Waals surface area contributed by atoms with Gasteiger partial charge in [-0.15, -0.1) is 6.58 Å². The molecule has 0 spiro atoms. The molecule has 0 aliphatic heterocycles. The molecule has 1 atom stereocenters. The quantitative estimate of drug-likeness (QED) is 0.828. The third-order valence-electron chi connectivity index (χ3n) is 2.57. The highest BCUT2D eigenvalue weighted by atomic mass is 19.4. The minimum Gasteiger partial charge on any atom is -0.325 e. The normalized spacial score (nSPS) is 12.9. The average molecular weight is 272 g/mol. The first-order valence-corrected chi connectivity index (χ1v) is 5.61. The van der Waals surface area contributed by atoms with Crippen molar-refractivity contribution in [2.45, 2.75) is 25.6 Å². The van der Waals surface area contributed by atoms with Crippen molar-refractivity contribution in [3.05, 3.63) is 42.0 Å². The Kier molecular flexibility index (Phi) is 4.72. The van der Waals surface area contributed by atoms with Gasteiger partial charge in [0.1, 0.15) is 0 Å². The van der Waals surface area contributed by atoms with E-state index in [-0.39, 0.29) is 17.7 Å². The van der Waals surface area contributed by atoms with Crippen LogP contribution in [0.1, 0.15) is 17.5 Å². The average Bonchev–Trinajstić information content (AvgIpc) is 2.30. The molecule has 104 valence electrons. The van der Waals surface area contributed by atoms with Gasteiger partial charge in [-0.05, 0) is 31.0 Å². The largest absolute Gasteiger partial charge is 0.416 e. The predicted molar refractivity (Wildman–Crippen MR) is 67.6 cm³/mol. The van der Waals surface area contributed by atoms with Gasteiger partial charge in [0.25, 0.3) is 0 Å². The van der Waals surface area contributed by atoms with E-state index in [0.717, 1.165) is 6.07 Å². The fourth-order valence-electron chi connectivity index (χ4n) is 1.53. The van der Waals surface area contributed by atoms with Crippen molar-refractivity contribution in [1.29, 1.82) is 0 Å². The Morgan fingerprint density at radius 1 is 1.53 bits per heavy atom. The fraction of sp³-hybridized carbons (Fsp3) is 0.308. The molecule has 1 aromatic rings. The van der Waals surface area contributed by atoms with Gasteiger partial charge in [-0.3, -0.25) is 4.79 Å². The van der Waals surface area contributed by atoms with Crippen LogP contribution in [0.5, 0.6) is 0 Å². The van der Waals surface area contributed by atoms with Gasteiger partial charge in [0, 0.05) is 5.69 Å². The van der Waals surface area contributed by atoms with Crippen molar-refractivity contribution in [2.24, 2.45) is 5.73 Å². The zero-order valence-electron chi connectivity index (χ0n) is 10.4. The second-order valence-corrected chi connectivity index (χ2v) is 4.15. The maximum absolute atomic E-state index is 12.7. The summed E-state index contributed by atoms with van der Waals surface area (Å²) in [6, 6.07) is 2.78. The fourth-order valence-corrected chi connectivity index (χ4v) is 1.53. The molecule has 1 amide bonds. The van der Waals surface area contributed by atoms with Crippen molar-refractivity contribution in [1.82, 2.24) is 0 Å². The molecule has 0 radical (unpaired) electrons. The number of amides is 1. The van der Waals surface area contributed by atoms with Gasteiger partial charge < -0.3 is 11.1 Å². The Labute approximate surface area is 109 Å². The number of halogens is 3. The Balaban J connectivity index is 2.92. The number of benzene rings is 1. The molecule has 3 N–H and O–H groups in total. The number of nitrogens with two attached hydrogens (primary N) is 1. The van der Waals surface area contributed by atoms with Crippen molar-refractivity contribution in [3.63, 3.8) is 0 Å². The molecular formula is C13H15F3N2O. The molecule has 0 bridgehead atoms. The Hall–Kier alpha value is -1.82. The maximum atomic E-state index is 12.7. The van der Waals surface area contributed by atoms with Crippen LogP contribution in [0.15, 0.2) is 30.9 Å². The minimum absolute atomic E-state index is 0.0717. The third-order valence-corrected chi connectivity index (χ3v) is 2.57. The topological polar surface area (TPSA) is 55.1 Å². The molecule has 0 fully saturated rings. The summed E-state index contributed by atoms with van der Waals surface area (Å²) in [5, 5.41) is 2.35. The predicted octanol–water partition coefficient (Wildman–Crippen LogP) is 2.86. The molecule has 1 aromatic carbocycles. The highest BCUT2D eigenvalue weighted by Gasteiger charge is 2.32. The van der Waals surface area contributed by atoms with Crippen LogP contribution in [-0.4, -0.2) is 11.9 Å². The minimum atomic E-state index is -4.45. The number of hydrogen-bond donors (Lipinski definition) is 2. The maximum Gasteiger partial charge on any atom is 0.416 e. The van der Waals surface area contributed by atoms with E-state index in [2.05, 4.69) is 11.9 Å². The molecule has 6 heteroatoms. The molecule has 0 heterocycles. The molecule has 0 aromatic heterocycles. The van der Waals surface area contributed by atoms with Gasteiger partial charge in [0.15, 0.2) is 0 Å². The highest BCUT2D eigenvalue weighted by molar-refractivity contribution is 5.94. The first kappa shape index (κ1) is 15.2. The van der Waals surface area contributed by atoms with E-state index in [1.807, 2.05) is 0 Å². The lowest BCUT2D eigenvalue weighted by Crippen LogP contribution is -2.35. The summed E-state index contributed by atoms with van der Waals surface area (Å²) < 4.78 is 38.1. The number of alkyl halides is 3. The molecule has 1 unspecified atom stereocenters. The highest BCUT2D eigenvalue weighted by Crippen LogP contribution is 2.33. The van der Waals surface area contributed by atoms with E-state index in [9.17, 15) is 18.0 Å². The van der Waals surface area contributed by atoms with Crippen molar-refractivity contribution < 1.29 is 18.0 Å². The number of hydrogen-bond acceptors (Lipinski definition) is 2. The number of aryl methyl sites for hydroxylation is 1. The lowest BCUT2D eigenvalue weighted by molar-refractivity contribution is -0.138. The Morgan fingerprint density at radius 3 is 2.68 bits per heavy atom. The second kappa shape index (κ2) is 5.88. The van der Waals surface area contributed by atoms with Gasteiger partial charge in [-0.2, -0.15) is 13.2 Å². The number of rotatable bonds is 4. The zero-order chi connectivity index (χ0) is 14.6. The van der Waals surface area contributed by atoms with E-state index in [1.54, 1.807) is 0 Å². The molecule has 0 saturated carbocycles. The lowest BCUT2D eigenvalue weighted by Gasteiger charge is -2.14. The van der Waals surface area contributed by atoms with Crippen molar-refractivity contribution in [2.75, 3.05) is 5.32 Å². The van der Waals surface area contributed by atoms with E-state index in [4.69, 9.17) is 5.73 Å². The summed E-state index contributed by atoms with van der Waals surface area (Å²) in [6.45, 7) is 4.80. The van der Waals surface area contributed by atoms with Gasteiger partial charge in [0.05, 0.1) is 11.6 Å². The zero-order valence-corrected chi connectivity index (χ0v) is 10.4. The standard InChI is InChI=1S/C13H15F3N2O/c1-3-4-11(17)12(19)18-9-6-5-8(2)10(7-9)13(14,15)16/h3,5-7,11H,1,4,17H2,2H3,(H,18,19). The molecule has 19 heavy (non-hydrogen) atoms. The molecular weight excluding hydrogens is 257 g/mol. The van der Waals surface area contributed by atoms with Crippen LogP contribution in [0.25, 0.3) is 0 Å². The van der Waals surface area contributed by atoms with Gasteiger partial charge >= 0.3 is 6.18 Å². The molecule has 1 rings (SSSR count). The summed E-state index contributed by atoms with van der Waals surface area (Å²) in [5.41, 5.74) is 4.92. The van der Waals surface area contributed by atoms with Gasteiger partial charge in [-0.1, -0.05) is 12.1 Å². The van der Waals surface area contributed by atoms with Crippen LogP contribution < -0.4 is 11.1 Å². The summed E-state index contributed by atoms with van der Waals surface area (Å²) >= 11 is 0. The number of carbonyl (C=O) groups excluding carboxylic acids is 1. The molecule has 0 aliphatic carbocycles. The summed E-state index contributed by atoms with van der Waals surface area (Å²) in [4.78, 5) is 11.6. The third kappa shape index (κ3) is 4.10. The van der Waals surface area contributed by atoms with Crippen LogP contribution >= 0.6 is 0 Å². The van der Waals surface area contributed by atoms with Crippen molar-refractivity contribution in [3.8, 4) is 0 Å². The van der Waals surface area contributed by atoms with Crippen LogP contribution in [0.4, 0.5) is 18.9 Å². The molecule has 0 aliphatic rings. The van der Waals surface area contributed by atoms with E-state index < -0.39 is 23.7 Å². The first-order valence-electron chi connectivity index (χ1n) is 5.61. The molecule has 0 saturated heterocycles. The Morgan fingerprint density at radius 2 is 2.16 bits per heavy atom. The first-order chi connectivity index (χ1) is 8.75. The monoisotopic (exact) mass is 272 g/mol. The van der Waals surface area contributed by atoms with Gasteiger partial charge in [0.2, 0.25) is 5.91 Å². The van der Waals surface area contributed by atoms with Crippen molar-refractivity contribution >= 4 is 11.6 Å². The van der Waals surface area contributed by atoms with E-state index in [0.29, 0.717) is 0 Å². The van der Waals surface area contributed by atoms with Crippen LogP contribution in [0.2, 0.25) is 0 Å². The number of carbonyl (C=O) groups is 1.